The molecule has 4 heteroatoms. The van der Waals surface area contributed by atoms with Crippen LogP contribution in [0.2, 0.25) is 0 Å². The van der Waals surface area contributed by atoms with E-state index in [4.69, 9.17) is 4.98 Å². The van der Waals surface area contributed by atoms with Gasteiger partial charge in [-0.15, -0.1) is 0 Å². The molecule has 0 atom stereocenters. The lowest BCUT2D eigenvalue weighted by Gasteiger charge is -2.21. The van der Waals surface area contributed by atoms with Crippen molar-refractivity contribution in [1.29, 1.82) is 0 Å². The van der Waals surface area contributed by atoms with Crippen LogP contribution in [0, 0.1) is 0 Å². The molecule has 142 valence electrons. The normalized spacial score (nSPS) is 10.9. The monoisotopic (exact) mass is 370 g/mol. The molecule has 1 N–H and O–H groups in total. The van der Waals surface area contributed by atoms with Crippen molar-refractivity contribution in [1.82, 2.24) is 9.38 Å². The molecule has 2 heterocycles. The van der Waals surface area contributed by atoms with Crippen LogP contribution in [0.4, 0.5) is 11.5 Å². The van der Waals surface area contributed by atoms with Gasteiger partial charge < -0.3 is 10.2 Å². The molecule has 4 rings (SSSR count). The van der Waals surface area contributed by atoms with Crippen LogP contribution in [0.25, 0.3) is 16.9 Å². The maximum Gasteiger partial charge on any atom is 0.139 e. The highest BCUT2D eigenvalue weighted by atomic mass is 15.1. The molecule has 4 nitrogen and oxygen atoms in total. The van der Waals surface area contributed by atoms with E-state index in [1.54, 1.807) is 0 Å². The van der Waals surface area contributed by atoms with Gasteiger partial charge in [-0.3, -0.25) is 4.40 Å². The first-order valence-electron chi connectivity index (χ1n) is 9.90. The number of hydrogen-bond donors (Lipinski definition) is 1. The Bertz CT molecular complexity index is 1030. The van der Waals surface area contributed by atoms with Crippen molar-refractivity contribution in [3.63, 3.8) is 0 Å². The molecule has 0 aliphatic heterocycles. The fourth-order valence-electron chi connectivity index (χ4n) is 3.57. The van der Waals surface area contributed by atoms with Crippen molar-refractivity contribution in [2.75, 3.05) is 23.3 Å². The molecule has 28 heavy (non-hydrogen) atoms. The summed E-state index contributed by atoms with van der Waals surface area (Å²) in [7, 11) is 0. The van der Waals surface area contributed by atoms with Gasteiger partial charge >= 0.3 is 0 Å². The number of benzene rings is 2. The SMILES string of the molecule is CCN(CC)c1ccc(-c2nc3ccccn3c2NCc2ccccc2)cc1. The summed E-state index contributed by atoms with van der Waals surface area (Å²) in [6, 6.07) is 25.3. The van der Waals surface area contributed by atoms with Gasteiger partial charge in [-0.1, -0.05) is 48.5 Å². The molecular formula is C24H26N4. The van der Waals surface area contributed by atoms with E-state index in [0.29, 0.717) is 0 Å². The second-order valence-electron chi connectivity index (χ2n) is 6.80. The van der Waals surface area contributed by atoms with Gasteiger partial charge in [-0.2, -0.15) is 0 Å². The van der Waals surface area contributed by atoms with E-state index < -0.39 is 0 Å². The molecule has 4 aromatic rings. The topological polar surface area (TPSA) is 32.6 Å². The molecule has 0 radical (unpaired) electrons. The quantitative estimate of drug-likeness (QED) is 0.469. The average molecular weight is 371 g/mol. The maximum atomic E-state index is 4.90. The van der Waals surface area contributed by atoms with E-state index in [-0.39, 0.29) is 0 Å². The molecule has 0 saturated heterocycles. The summed E-state index contributed by atoms with van der Waals surface area (Å²) in [6.45, 7) is 7.15. The Labute approximate surface area is 166 Å². The van der Waals surface area contributed by atoms with Gasteiger partial charge in [0, 0.05) is 37.1 Å². The first kappa shape index (κ1) is 18.1. The largest absolute Gasteiger partial charge is 0.372 e. The van der Waals surface area contributed by atoms with Gasteiger partial charge in [-0.25, -0.2) is 4.98 Å². The van der Waals surface area contributed by atoms with Gasteiger partial charge in [0.1, 0.15) is 17.2 Å². The van der Waals surface area contributed by atoms with Gasteiger partial charge in [0.2, 0.25) is 0 Å². The Morgan fingerprint density at radius 2 is 1.57 bits per heavy atom. The molecule has 0 unspecified atom stereocenters. The number of aromatic nitrogens is 2. The molecule has 0 bridgehead atoms. The maximum absolute atomic E-state index is 4.90. The highest BCUT2D eigenvalue weighted by molar-refractivity contribution is 5.77. The van der Waals surface area contributed by atoms with Gasteiger partial charge in [0.05, 0.1) is 0 Å². The molecule has 0 aliphatic rings. The minimum Gasteiger partial charge on any atom is -0.372 e. The van der Waals surface area contributed by atoms with Crippen LogP contribution in [0.5, 0.6) is 0 Å². The Morgan fingerprint density at radius 3 is 2.29 bits per heavy atom. The van der Waals surface area contributed by atoms with Crippen molar-refractivity contribution < 1.29 is 0 Å². The number of nitrogens with zero attached hydrogens (tertiary/aromatic N) is 3. The van der Waals surface area contributed by atoms with E-state index in [0.717, 1.165) is 42.4 Å². The van der Waals surface area contributed by atoms with Crippen LogP contribution in [-0.4, -0.2) is 22.5 Å². The van der Waals surface area contributed by atoms with Crippen LogP contribution >= 0.6 is 0 Å². The highest BCUT2D eigenvalue weighted by Crippen LogP contribution is 2.30. The lowest BCUT2D eigenvalue weighted by molar-refractivity contribution is 0.866. The van der Waals surface area contributed by atoms with Crippen LogP contribution < -0.4 is 10.2 Å². The van der Waals surface area contributed by atoms with Crippen molar-refractivity contribution in [3.05, 3.63) is 84.6 Å². The number of imidazole rings is 1. The Hall–Kier alpha value is -3.27. The minimum absolute atomic E-state index is 0.758. The van der Waals surface area contributed by atoms with Crippen molar-refractivity contribution in [2.45, 2.75) is 20.4 Å². The number of pyridine rings is 1. The smallest absolute Gasteiger partial charge is 0.139 e. The summed E-state index contributed by atoms with van der Waals surface area (Å²) in [5, 5.41) is 3.60. The third kappa shape index (κ3) is 3.58. The fourth-order valence-corrected chi connectivity index (χ4v) is 3.57. The summed E-state index contributed by atoms with van der Waals surface area (Å²) in [5.41, 5.74) is 5.54. The molecule has 0 spiro atoms. The minimum atomic E-state index is 0.758. The third-order valence-corrected chi connectivity index (χ3v) is 5.10. The van der Waals surface area contributed by atoms with E-state index in [9.17, 15) is 0 Å². The van der Waals surface area contributed by atoms with Crippen molar-refractivity contribution >= 4 is 17.2 Å². The second-order valence-corrected chi connectivity index (χ2v) is 6.80. The van der Waals surface area contributed by atoms with Crippen molar-refractivity contribution in [2.24, 2.45) is 0 Å². The predicted molar refractivity (Wildman–Crippen MR) is 118 cm³/mol. The molecule has 2 aromatic heterocycles. The number of nitrogens with one attached hydrogen (secondary N) is 1. The zero-order chi connectivity index (χ0) is 19.3. The lowest BCUT2D eigenvalue weighted by atomic mass is 10.1. The molecule has 0 amide bonds. The Balaban J connectivity index is 1.70. The van der Waals surface area contributed by atoms with Gasteiger partial charge in [0.25, 0.3) is 0 Å². The second kappa shape index (κ2) is 8.17. The lowest BCUT2D eigenvalue weighted by Crippen LogP contribution is -2.21. The van der Waals surface area contributed by atoms with Crippen molar-refractivity contribution in [3.8, 4) is 11.3 Å². The third-order valence-electron chi connectivity index (χ3n) is 5.10. The fraction of sp³-hybridized carbons (Fsp3) is 0.208. The predicted octanol–water partition coefficient (Wildman–Crippen LogP) is 5.46. The Morgan fingerprint density at radius 1 is 0.857 bits per heavy atom. The standard InChI is InChI=1S/C24H26N4/c1-3-27(4-2)21-15-13-20(14-16-21)23-24(25-18-19-10-6-5-7-11-19)28-17-9-8-12-22(28)26-23/h5-17,25H,3-4,18H2,1-2H3. The Kier molecular flexibility index (Phi) is 5.29. The number of fused-ring (bicyclic) bond motifs is 1. The van der Waals surface area contributed by atoms with Crippen LogP contribution in [0.15, 0.2) is 79.0 Å². The summed E-state index contributed by atoms with van der Waals surface area (Å²) >= 11 is 0. The number of anilines is 2. The van der Waals surface area contributed by atoms with Gasteiger partial charge in [-0.05, 0) is 43.7 Å². The first-order valence-corrected chi connectivity index (χ1v) is 9.90. The molecular weight excluding hydrogens is 344 g/mol. The average Bonchev–Trinajstić information content (AvgIpc) is 3.13. The summed E-state index contributed by atoms with van der Waals surface area (Å²) in [6.07, 6.45) is 2.06. The van der Waals surface area contributed by atoms with E-state index in [1.807, 2.05) is 24.3 Å². The molecule has 0 aliphatic carbocycles. The zero-order valence-electron chi connectivity index (χ0n) is 16.5. The van der Waals surface area contributed by atoms with E-state index >= 15 is 0 Å². The van der Waals surface area contributed by atoms with Crippen LogP contribution in [0.3, 0.4) is 0 Å². The van der Waals surface area contributed by atoms with Crippen LogP contribution in [-0.2, 0) is 6.54 Å². The molecule has 2 aromatic carbocycles. The highest BCUT2D eigenvalue weighted by Gasteiger charge is 2.14. The zero-order valence-corrected chi connectivity index (χ0v) is 16.5. The first-order chi connectivity index (χ1) is 13.8. The van der Waals surface area contributed by atoms with Gasteiger partial charge in [0.15, 0.2) is 0 Å². The summed E-state index contributed by atoms with van der Waals surface area (Å²) in [4.78, 5) is 7.25. The number of rotatable bonds is 7. The number of hydrogen-bond acceptors (Lipinski definition) is 3. The van der Waals surface area contributed by atoms with E-state index in [2.05, 4.69) is 83.2 Å². The molecule has 0 saturated carbocycles. The van der Waals surface area contributed by atoms with Crippen LogP contribution in [0.1, 0.15) is 19.4 Å². The van der Waals surface area contributed by atoms with E-state index in [1.165, 1.54) is 11.3 Å². The summed E-state index contributed by atoms with van der Waals surface area (Å²) in [5.74, 6) is 1.02. The summed E-state index contributed by atoms with van der Waals surface area (Å²) < 4.78 is 2.12. The molecule has 0 fully saturated rings.